The van der Waals surface area contributed by atoms with E-state index in [1.54, 1.807) is 0 Å². The van der Waals surface area contributed by atoms with E-state index in [4.69, 9.17) is 9.47 Å². The molecule has 1 atom stereocenters. The number of nitro groups is 1. The number of carbonyl (C=O) groups is 1. The second kappa shape index (κ2) is 3.23. The van der Waals surface area contributed by atoms with Gasteiger partial charge in [0.05, 0.1) is 4.92 Å². The Morgan fingerprint density at radius 3 is 2.80 bits per heavy atom. The molecule has 15 heavy (non-hydrogen) atoms. The number of ketones is 1. The lowest BCUT2D eigenvalue weighted by atomic mass is 10.3. The molecule has 0 N–H and O–H groups in total. The molecule has 0 amide bonds. The van der Waals surface area contributed by atoms with Crippen LogP contribution in [0, 0.1) is 10.1 Å². The van der Waals surface area contributed by atoms with Crippen LogP contribution in [0.2, 0.25) is 0 Å². The molecule has 6 heteroatoms. The molecule has 0 aliphatic carbocycles. The number of hydrogen-bond donors (Lipinski definition) is 0. The van der Waals surface area contributed by atoms with Gasteiger partial charge < -0.3 is 9.47 Å². The van der Waals surface area contributed by atoms with Crippen LogP contribution in [0.15, 0.2) is 18.2 Å². The zero-order valence-electron chi connectivity index (χ0n) is 7.80. The first kappa shape index (κ1) is 9.45. The average Bonchev–Trinajstić information content (AvgIpc) is 2.60. The monoisotopic (exact) mass is 209 g/mol. The lowest BCUT2D eigenvalue weighted by Gasteiger charge is -2.03. The van der Waals surface area contributed by atoms with Gasteiger partial charge in [0.2, 0.25) is 11.5 Å². The molecule has 2 rings (SSSR count). The van der Waals surface area contributed by atoms with E-state index in [1.165, 1.54) is 25.1 Å². The lowest BCUT2D eigenvalue weighted by Crippen LogP contribution is -2.26. The second-order valence-corrected chi connectivity index (χ2v) is 3.04. The summed E-state index contributed by atoms with van der Waals surface area (Å²) in [7, 11) is 0. The SMILES string of the molecule is CC(=O)C1Oc2cccc([N+](=O)[O-])c2O1. The van der Waals surface area contributed by atoms with Gasteiger partial charge in [-0.25, -0.2) is 0 Å². The minimum absolute atomic E-state index is 0.0164. The van der Waals surface area contributed by atoms with Crippen molar-refractivity contribution in [1.82, 2.24) is 0 Å². The Bertz CT molecular complexity index is 442. The number of carbonyl (C=O) groups excluding carboxylic acids is 1. The number of fused-ring (bicyclic) bond motifs is 1. The number of para-hydroxylation sites is 1. The molecule has 1 aliphatic rings. The first-order valence-electron chi connectivity index (χ1n) is 4.21. The fraction of sp³-hybridized carbons (Fsp3) is 0.222. The van der Waals surface area contributed by atoms with E-state index in [2.05, 4.69) is 0 Å². The van der Waals surface area contributed by atoms with E-state index >= 15 is 0 Å². The molecule has 1 aliphatic heterocycles. The molecule has 1 aromatic rings. The second-order valence-electron chi connectivity index (χ2n) is 3.04. The molecule has 0 spiro atoms. The predicted molar refractivity (Wildman–Crippen MR) is 48.8 cm³/mol. The highest BCUT2D eigenvalue weighted by Crippen LogP contribution is 2.42. The topological polar surface area (TPSA) is 78.7 Å². The maximum absolute atomic E-state index is 11.0. The van der Waals surface area contributed by atoms with Crippen molar-refractivity contribution in [2.75, 3.05) is 0 Å². The van der Waals surface area contributed by atoms with Gasteiger partial charge in [-0.1, -0.05) is 6.07 Å². The van der Waals surface area contributed by atoms with Crippen molar-refractivity contribution >= 4 is 11.5 Å². The van der Waals surface area contributed by atoms with Crippen molar-refractivity contribution in [3.63, 3.8) is 0 Å². The van der Waals surface area contributed by atoms with Crippen LogP contribution < -0.4 is 9.47 Å². The van der Waals surface area contributed by atoms with Gasteiger partial charge in [-0.15, -0.1) is 0 Å². The summed E-state index contributed by atoms with van der Waals surface area (Å²) in [5, 5.41) is 10.6. The van der Waals surface area contributed by atoms with E-state index in [-0.39, 0.29) is 23.0 Å². The largest absolute Gasteiger partial charge is 0.444 e. The van der Waals surface area contributed by atoms with Gasteiger partial charge in [0.25, 0.3) is 0 Å². The number of nitro benzene ring substituents is 1. The maximum atomic E-state index is 11.0. The van der Waals surface area contributed by atoms with Crippen LogP contribution in [0.4, 0.5) is 5.69 Å². The molecule has 0 saturated heterocycles. The van der Waals surface area contributed by atoms with Gasteiger partial charge in [-0.3, -0.25) is 14.9 Å². The molecule has 0 aromatic heterocycles. The summed E-state index contributed by atoms with van der Waals surface area (Å²) in [6, 6.07) is 4.29. The molecule has 0 saturated carbocycles. The molecule has 0 bridgehead atoms. The summed E-state index contributed by atoms with van der Waals surface area (Å²) in [6.45, 7) is 1.29. The Hall–Kier alpha value is -2.11. The average molecular weight is 209 g/mol. The number of nitrogens with zero attached hydrogens (tertiary/aromatic N) is 1. The Kier molecular flexibility index (Phi) is 2.03. The summed E-state index contributed by atoms with van der Waals surface area (Å²) in [5.41, 5.74) is -0.198. The van der Waals surface area contributed by atoms with Gasteiger partial charge in [0.1, 0.15) is 0 Å². The summed E-state index contributed by atoms with van der Waals surface area (Å²) < 4.78 is 10.1. The van der Waals surface area contributed by atoms with Crippen molar-refractivity contribution < 1.29 is 19.2 Å². The normalized spacial score (nSPS) is 17.5. The van der Waals surface area contributed by atoms with Gasteiger partial charge in [-0.2, -0.15) is 0 Å². The quantitative estimate of drug-likeness (QED) is 0.541. The van der Waals surface area contributed by atoms with E-state index in [0.717, 1.165) is 0 Å². The van der Waals surface area contributed by atoms with Crippen molar-refractivity contribution in [3.8, 4) is 11.5 Å². The van der Waals surface area contributed by atoms with Crippen LogP contribution in [0.1, 0.15) is 6.92 Å². The minimum Gasteiger partial charge on any atom is -0.444 e. The Morgan fingerprint density at radius 2 is 2.20 bits per heavy atom. The third-order valence-electron chi connectivity index (χ3n) is 1.95. The highest BCUT2D eigenvalue weighted by molar-refractivity contribution is 5.81. The third kappa shape index (κ3) is 1.50. The summed E-state index contributed by atoms with van der Waals surface area (Å²) in [5.74, 6) is -0.0902. The fourth-order valence-corrected chi connectivity index (χ4v) is 1.27. The fourth-order valence-electron chi connectivity index (χ4n) is 1.27. The van der Waals surface area contributed by atoms with Gasteiger partial charge in [0.15, 0.2) is 5.75 Å². The molecule has 1 unspecified atom stereocenters. The molecule has 0 fully saturated rings. The molecule has 6 nitrogen and oxygen atoms in total. The number of ether oxygens (including phenoxy) is 2. The smallest absolute Gasteiger partial charge is 0.315 e. The maximum Gasteiger partial charge on any atom is 0.315 e. The molecule has 1 heterocycles. The molecule has 0 radical (unpaired) electrons. The highest BCUT2D eigenvalue weighted by Gasteiger charge is 2.33. The van der Waals surface area contributed by atoms with Gasteiger partial charge >= 0.3 is 12.0 Å². The van der Waals surface area contributed by atoms with Gasteiger partial charge in [-0.05, 0) is 6.07 Å². The first-order valence-corrected chi connectivity index (χ1v) is 4.21. The predicted octanol–water partition coefficient (Wildman–Crippen LogP) is 1.28. The van der Waals surface area contributed by atoms with E-state index in [9.17, 15) is 14.9 Å². The van der Waals surface area contributed by atoms with E-state index in [1.807, 2.05) is 0 Å². The molecular weight excluding hydrogens is 202 g/mol. The summed E-state index contributed by atoms with van der Waals surface area (Å²) in [4.78, 5) is 21.0. The number of benzene rings is 1. The van der Waals surface area contributed by atoms with Crippen molar-refractivity contribution in [2.45, 2.75) is 13.2 Å². The van der Waals surface area contributed by atoms with Crippen LogP contribution in [-0.4, -0.2) is 17.0 Å². The van der Waals surface area contributed by atoms with Crippen LogP contribution >= 0.6 is 0 Å². The van der Waals surface area contributed by atoms with Crippen LogP contribution in [-0.2, 0) is 4.79 Å². The Labute approximate surface area is 84.6 Å². The number of hydrogen-bond acceptors (Lipinski definition) is 5. The highest BCUT2D eigenvalue weighted by atomic mass is 16.7. The Balaban J connectivity index is 2.41. The lowest BCUT2D eigenvalue weighted by molar-refractivity contribution is -0.385. The summed E-state index contributed by atoms with van der Waals surface area (Å²) >= 11 is 0. The Morgan fingerprint density at radius 1 is 1.47 bits per heavy atom. The van der Waals surface area contributed by atoms with E-state index in [0.29, 0.717) is 0 Å². The van der Waals surface area contributed by atoms with Crippen molar-refractivity contribution in [1.29, 1.82) is 0 Å². The molecule has 1 aromatic carbocycles. The molecule has 78 valence electrons. The van der Waals surface area contributed by atoms with Crippen molar-refractivity contribution in [3.05, 3.63) is 28.3 Å². The van der Waals surface area contributed by atoms with Crippen LogP contribution in [0.5, 0.6) is 11.5 Å². The van der Waals surface area contributed by atoms with Crippen molar-refractivity contribution in [2.24, 2.45) is 0 Å². The van der Waals surface area contributed by atoms with Gasteiger partial charge in [0, 0.05) is 13.0 Å². The standard InChI is InChI=1S/C9H7NO5/c1-5(11)9-14-7-4-2-3-6(10(12)13)8(7)15-9/h2-4,9H,1H3. The first-order chi connectivity index (χ1) is 7.09. The van der Waals surface area contributed by atoms with E-state index < -0.39 is 11.2 Å². The number of rotatable bonds is 2. The zero-order valence-corrected chi connectivity index (χ0v) is 7.80. The van der Waals surface area contributed by atoms with Crippen LogP contribution in [0.25, 0.3) is 0 Å². The molecular formula is C9H7NO5. The zero-order chi connectivity index (χ0) is 11.0. The van der Waals surface area contributed by atoms with Crippen LogP contribution in [0.3, 0.4) is 0 Å². The summed E-state index contributed by atoms with van der Waals surface area (Å²) in [6.07, 6.45) is -1.07. The third-order valence-corrected chi connectivity index (χ3v) is 1.95. The number of Topliss-reactive ketones (excluding diaryl/α,β-unsaturated/α-hetero) is 1. The minimum atomic E-state index is -1.07.